The lowest BCUT2D eigenvalue weighted by atomic mass is 10.0. The highest BCUT2D eigenvalue weighted by Gasteiger charge is 2.24. The predicted molar refractivity (Wildman–Crippen MR) is 250 cm³/mol. The first-order valence-corrected chi connectivity index (χ1v) is 24.6. The van der Waals surface area contributed by atoms with E-state index in [9.17, 15) is 19.8 Å². The Bertz CT molecular complexity index is 1050. The molecule has 3 atom stereocenters. The first-order chi connectivity index (χ1) is 28.5. The summed E-state index contributed by atoms with van der Waals surface area (Å²) >= 11 is 0. The second-order valence-electron chi connectivity index (χ2n) is 16.6. The van der Waals surface area contributed by atoms with Gasteiger partial charge in [-0.3, -0.25) is 9.59 Å². The Balaban J connectivity index is 4.71. The number of aliphatic hydroxyl groups is 2. The number of hydrogen-bond donors (Lipinski definition) is 3. The van der Waals surface area contributed by atoms with E-state index in [1.54, 1.807) is 0 Å². The maximum absolute atomic E-state index is 13.2. The van der Waals surface area contributed by atoms with E-state index in [2.05, 4.69) is 80.8 Å². The summed E-state index contributed by atoms with van der Waals surface area (Å²) in [5.41, 5.74) is 0. The van der Waals surface area contributed by atoms with Gasteiger partial charge in [-0.05, 0) is 77.0 Å². The van der Waals surface area contributed by atoms with Crippen molar-refractivity contribution in [3.63, 3.8) is 0 Å². The molecule has 336 valence electrons. The number of carbonyl (C=O) groups excluding carboxylic acids is 2. The topological polar surface area (TPSA) is 95.9 Å². The van der Waals surface area contributed by atoms with Crippen molar-refractivity contribution in [3.8, 4) is 0 Å². The quantitative estimate of drug-likeness (QED) is 0.0247. The van der Waals surface area contributed by atoms with Gasteiger partial charge in [0.25, 0.3) is 0 Å². The van der Waals surface area contributed by atoms with Gasteiger partial charge in [-0.2, -0.15) is 0 Å². The SMILES string of the molecule is CCCCC/C=C\CCCCCCCC(=O)OC(CCCCC/C=C/C=C/C=C/C=C/CCCCC)CC(=O)NC(CO)C(O)CCCCCCCCCCCCC. The lowest BCUT2D eigenvalue weighted by Crippen LogP contribution is -2.46. The Kier molecular flexibility index (Phi) is 43.7. The van der Waals surface area contributed by atoms with Gasteiger partial charge in [-0.1, -0.05) is 204 Å². The largest absolute Gasteiger partial charge is 0.462 e. The molecule has 1 amide bonds. The maximum Gasteiger partial charge on any atom is 0.306 e. The van der Waals surface area contributed by atoms with E-state index < -0.39 is 18.2 Å². The fourth-order valence-electron chi connectivity index (χ4n) is 7.14. The highest BCUT2D eigenvalue weighted by molar-refractivity contribution is 5.77. The van der Waals surface area contributed by atoms with Gasteiger partial charge in [0.15, 0.2) is 0 Å². The van der Waals surface area contributed by atoms with Gasteiger partial charge >= 0.3 is 5.97 Å². The molecule has 0 heterocycles. The van der Waals surface area contributed by atoms with Gasteiger partial charge in [0.1, 0.15) is 6.10 Å². The summed E-state index contributed by atoms with van der Waals surface area (Å²) in [6, 6.07) is -0.716. The average molecular weight is 812 g/mol. The first-order valence-electron chi connectivity index (χ1n) is 24.6. The number of amides is 1. The number of esters is 1. The molecule has 0 aliphatic heterocycles. The molecule has 0 bridgehead atoms. The molecule has 0 aliphatic carbocycles. The third-order valence-electron chi connectivity index (χ3n) is 10.9. The van der Waals surface area contributed by atoms with Gasteiger partial charge in [0, 0.05) is 6.42 Å². The molecule has 58 heavy (non-hydrogen) atoms. The molecule has 0 saturated heterocycles. The lowest BCUT2D eigenvalue weighted by molar-refractivity contribution is -0.151. The predicted octanol–water partition coefficient (Wildman–Crippen LogP) is 14.5. The zero-order chi connectivity index (χ0) is 42.4. The van der Waals surface area contributed by atoms with E-state index in [4.69, 9.17) is 4.74 Å². The minimum absolute atomic E-state index is 0.0471. The minimum Gasteiger partial charge on any atom is -0.462 e. The third-order valence-corrected chi connectivity index (χ3v) is 10.9. The Hall–Kier alpha value is -2.44. The molecule has 0 saturated carbocycles. The molecule has 0 rings (SSSR count). The summed E-state index contributed by atoms with van der Waals surface area (Å²) in [4.78, 5) is 26.1. The number of rotatable bonds is 43. The van der Waals surface area contributed by atoms with Crippen LogP contribution in [-0.2, 0) is 14.3 Å². The Morgan fingerprint density at radius 3 is 1.43 bits per heavy atom. The molecule has 6 nitrogen and oxygen atoms in total. The van der Waals surface area contributed by atoms with Crippen LogP contribution in [0.4, 0.5) is 0 Å². The van der Waals surface area contributed by atoms with Crippen molar-refractivity contribution in [3.05, 3.63) is 60.8 Å². The van der Waals surface area contributed by atoms with Gasteiger partial charge < -0.3 is 20.3 Å². The summed E-state index contributed by atoms with van der Waals surface area (Å²) in [6.45, 7) is 6.39. The van der Waals surface area contributed by atoms with E-state index in [-0.39, 0.29) is 24.9 Å². The Morgan fingerprint density at radius 2 is 0.897 bits per heavy atom. The summed E-state index contributed by atoms with van der Waals surface area (Å²) in [5, 5.41) is 23.7. The van der Waals surface area contributed by atoms with Crippen LogP contribution in [0.3, 0.4) is 0 Å². The van der Waals surface area contributed by atoms with Crippen LogP contribution < -0.4 is 5.32 Å². The van der Waals surface area contributed by atoms with Crippen LogP contribution in [0, 0.1) is 0 Å². The normalized spacial score (nSPS) is 13.8. The molecule has 0 aromatic carbocycles. The number of nitrogens with one attached hydrogen (secondary N) is 1. The van der Waals surface area contributed by atoms with E-state index >= 15 is 0 Å². The molecule has 3 unspecified atom stereocenters. The van der Waals surface area contributed by atoms with Crippen molar-refractivity contribution in [2.24, 2.45) is 0 Å². The fourth-order valence-corrected chi connectivity index (χ4v) is 7.14. The van der Waals surface area contributed by atoms with E-state index in [1.165, 1.54) is 109 Å². The zero-order valence-corrected chi connectivity index (χ0v) is 38.2. The van der Waals surface area contributed by atoms with Gasteiger partial charge in [-0.25, -0.2) is 0 Å². The maximum atomic E-state index is 13.2. The molecule has 0 aromatic heterocycles. The summed E-state index contributed by atoms with van der Waals surface area (Å²) in [5.74, 6) is -0.524. The van der Waals surface area contributed by atoms with Crippen LogP contribution in [0.15, 0.2) is 60.8 Å². The van der Waals surface area contributed by atoms with Crippen molar-refractivity contribution < 1.29 is 24.5 Å². The van der Waals surface area contributed by atoms with Crippen LogP contribution in [-0.4, -0.2) is 46.9 Å². The highest BCUT2D eigenvalue weighted by Crippen LogP contribution is 2.17. The standard InChI is InChI=1S/C52H93NO5/c1-4-7-10-13-16-19-22-24-25-26-27-29-31-34-37-40-43-48(58-52(57)45-42-39-36-33-30-23-20-17-14-11-8-5-2)46-51(56)53-49(47-54)50(55)44-41-38-35-32-28-21-18-15-12-9-6-3/h16-17,19-20,22,24-27,29,48-50,54-55H,4-15,18,21,23,28,30-47H2,1-3H3,(H,53,56)/b19-16+,20-17-,24-22+,26-25+,29-27+. The fraction of sp³-hybridized carbons (Fsp3) is 0.769. The second kappa shape index (κ2) is 45.6. The first kappa shape index (κ1) is 55.6. The van der Waals surface area contributed by atoms with Gasteiger partial charge in [0.2, 0.25) is 5.91 Å². The Labute approximate surface area is 358 Å². The van der Waals surface area contributed by atoms with E-state index in [0.717, 1.165) is 77.0 Å². The summed E-state index contributed by atoms with van der Waals surface area (Å²) in [6.07, 6.45) is 55.6. The van der Waals surface area contributed by atoms with Crippen molar-refractivity contribution in [1.82, 2.24) is 5.32 Å². The molecule has 6 heteroatoms. The zero-order valence-electron chi connectivity index (χ0n) is 38.2. The number of unbranched alkanes of at least 4 members (excludes halogenated alkanes) is 24. The summed E-state index contributed by atoms with van der Waals surface area (Å²) in [7, 11) is 0. The molecule has 3 N–H and O–H groups in total. The van der Waals surface area contributed by atoms with Crippen molar-refractivity contribution in [1.29, 1.82) is 0 Å². The van der Waals surface area contributed by atoms with Crippen LogP contribution in [0.1, 0.15) is 233 Å². The van der Waals surface area contributed by atoms with E-state index in [0.29, 0.717) is 19.3 Å². The second-order valence-corrected chi connectivity index (χ2v) is 16.6. The van der Waals surface area contributed by atoms with Crippen molar-refractivity contribution in [2.75, 3.05) is 6.61 Å². The minimum atomic E-state index is -0.800. The molecular formula is C52H93NO5. The summed E-state index contributed by atoms with van der Waals surface area (Å²) < 4.78 is 5.90. The molecule has 0 radical (unpaired) electrons. The third kappa shape index (κ3) is 40.3. The average Bonchev–Trinajstić information content (AvgIpc) is 3.22. The van der Waals surface area contributed by atoms with Crippen LogP contribution >= 0.6 is 0 Å². The molecule has 0 aromatic rings. The monoisotopic (exact) mass is 812 g/mol. The number of carbonyl (C=O) groups is 2. The number of hydrogen-bond acceptors (Lipinski definition) is 5. The lowest BCUT2D eigenvalue weighted by Gasteiger charge is -2.24. The number of aliphatic hydroxyl groups excluding tert-OH is 2. The number of ether oxygens (including phenoxy) is 1. The Morgan fingerprint density at radius 1 is 0.500 bits per heavy atom. The van der Waals surface area contributed by atoms with Gasteiger partial charge in [-0.15, -0.1) is 0 Å². The number of allylic oxidation sites excluding steroid dienone is 10. The highest BCUT2D eigenvalue weighted by atomic mass is 16.5. The van der Waals surface area contributed by atoms with Crippen LogP contribution in [0.25, 0.3) is 0 Å². The van der Waals surface area contributed by atoms with E-state index in [1.807, 2.05) is 6.08 Å². The van der Waals surface area contributed by atoms with Crippen LogP contribution in [0.5, 0.6) is 0 Å². The van der Waals surface area contributed by atoms with Crippen LogP contribution in [0.2, 0.25) is 0 Å². The smallest absolute Gasteiger partial charge is 0.306 e. The molecule has 0 aliphatic rings. The molecule has 0 spiro atoms. The molecule has 0 fully saturated rings. The van der Waals surface area contributed by atoms with Crippen molar-refractivity contribution >= 4 is 11.9 Å². The van der Waals surface area contributed by atoms with Gasteiger partial charge in [0.05, 0.1) is 25.2 Å². The van der Waals surface area contributed by atoms with Crippen molar-refractivity contribution in [2.45, 2.75) is 251 Å². The molecular weight excluding hydrogens is 719 g/mol.